The van der Waals surface area contributed by atoms with Gasteiger partial charge in [0.2, 0.25) is 0 Å². The predicted molar refractivity (Wildman–Crippen MR) is 68.5 cm³/mol. The summed E-state index contributed by atoms with van der Waals surface area (Å²) in [7, 11) is 0. The lowest BCUT2D eigenvalue weighted by Gasteiger charge is -2.16. The van der Waals surface area contributed by atoms with Crippen LogP contribution in [0.15, 0.2) is 18.2 Å². The first kappa shape index (κ1) is 14.5. The first-order valence-electron chi connectivity index (χ1n) is 5.05. The Morgan fingerprint density at radius 1 is 1.53 bits per heavy atom. The summed E-state index contributed by atoms with van der Waals surface area (Å²) in [5.41, 5.74) is -0.683. The third-order valence-electron chi connectivity index (χ3n) is 2.23. The molecule has 0 aliphatic rings. The van der Waals surface area contributed by atoms with E-state index in [0.29, 0.717) is 0 Å². The minimum absolute atomic E-state index is 0.115. The van der Waals surface area contributed by atoms with Crippen LogP contribution in [0.25, 0.3) is 0 Å². The van der Waals surface area contributed by atoms with Crippen LogP contribution in [0.4, 0.5) is 5.69 Å². The van der Waals surface area contributed by atoms with Crippen LogP contribution in [0.2, 0.25) is 5.02 Å². The number of carbonyl (C=O) groups is 1. The Morgan fingerprint density at radius 3 is 2.74 bits per heavy atom. The molecule has 0 radical (unpaired) electrons. The molecule has 1 rings (SSSR count). The van der Waals surface area contributed by atoms with Crippen molar-refractivity contribution >= 4 is 23.2 Å². The molecule has 0 aliphatic carbocycles. The topological polar surface area (TPSA) is 87.2 Å². The van der Waals surface area contributed by atoms with E-state index >= 15 is 0 Å². The number of para-hydroxylation sites is 1. The second-order valence-corrected chi connectivity index (χ2v) is 3.82. The Hall–Kier alpha value is -2.57. The monoisotopic (exact) mass is 277 g/mol. The average molecular weight is 278 g/mol. The van der Waals surface area contributed by atoms with E-state index in [4.69, 9.17) is 23.3 Å². The Labute approximate surface area is 114 Å². The van der Waals surface area contributed by atoms with Gasteiger partial charge >= 0.3 is 5.69 Å². The van der Waals surface area contributed by atoms with Gasteiger partial charge in [-0.1, -0.05) is 23.6 Å². The fourth-order valence-corrected chi connectivity index (χ4v) is 1.68. The number of terminal acetylenes is 1. The molecule has 0 saturated carbocycles. The third kappa shape index (κ3) is 3.21. The van der Waals surface area contributed by atoms with Gasteiger partial charge in [-0.3, -0.25) is 14.9 Å². The van der Waals surface area contributed by atoms with E-state index in [2.05, 4.69) is 5.92 Å². The molecule has 0 atom stereocenters. The smallest absolute Gasteiger partial charge is 0.300 e. The lowest BCUT2D eigenvalue weighted by molar-refractivity contribution is -0.385. The molecule has 0 spiro atoms. The third-order valence-corrected chi connectivity index (χ3v) is 2.54. The number of carbonyl (C=O) groups excluding carboxylic acids is 1. The van der Waals surface area contributed by atoms with Crippen LogP contribution in [-0.2, 0) is 0 Å². The molecule has 0 aliphatic heterocycles. The van der Waals surface area contributed by atoms with E-state index < -0.39 is 16.5 Å². The molecular formula is C12H8ClN3O3. The highest BCUT2D eigenvalue weighted by molar-refractivity contribution is 6.33. The van der Waals surface area contributed by atoms with E-state index in [1.807, 2.05) is 0 Å². The van der Waals surface area contributed by atoms with E-state index in [0.717, 1.165) is 4.90 Å². The Bertz CT molecular complexity index is 585. The second kappa shape index (κ2) is 6.39. The zero-order valence-electron chi connectivity index (χ0n) is 9.67. The van der Waals surface area contributed by atoms with Crippen molar-refractivity contribution in [2.24, 2.45) is 0 Å². The summed E-state index contributed by atoms with van der Waals surface area (Å²) in [6.45, 7) is -0.372. The summed E-state index contributed by atoms with van der Waals surface area (Å²) in [6.07, 6.45) is 5.09. The van der Waals surface area contributed by atoms with Crippen LogP contribution < -0.4 is 0 Å². The zero-order valence-corrected chi connectivity index (χ0v) is 10.4. The number of nitrogens with zero attached hydrogens (tertiary/aromatic N) is 3. The van der Waals surface area contributed by atoms with Crippen molar-refractivity contribution in [3.63, 3.8) is 0 Å². The number of hydrogen-bond acceptors (Lipinski definition) is 4. The molecule has 7 heteroatoms. The average Bonchev–Trinajstić information content (AvgIpc) is 2.37. The summed E-state index contributed by atoms with van der Waals surface area (Å²) in [5.74, 6) is 1.52. The second-order valence-electron chi connectivity index (χ2n) is 3.42. The molecule has 0 fully saturated rings. The van der Waals surface area contributed by atoms with Crippen LogP contribution in [0, 0.1) is 33.8 Å². The van der Waals surface area contributed by atoms with E-state index in [9.17, 15) is 14.9 Å². The zero-order chi connectivity index (χ0) is 14.4. The molecular weight excluding hydrogens is 270 g/mol. The molecule has 19 heavy (non-hydrogen) atoms. The van der Waals surface area contributed by atoms with Crippen LogP contribution in [-0.4, -0.2) is 28.8 Å². The van der Waals surface area contributed by atoms with Gasteiger partial charge in [-0.05, 0) is 12.1 Å². The van der Waals surface area contributed by atoms with Gasteiger partial charge in [-0.2, -0.15) is 5.26 Å². The first-order chi connectivity index (χ1) is 9.02. The molecule has 1 aromatic rings. The van der Waals surface area contributed by atoms with Gasteiger partial charge in [0, 0.05) is 0 Å². The van der Waals surface area contributed by atoms with Crippen molar-refractivity contribution in [1.29, 1.82) is 5.26 Å². The Kier molecular flexibility index (Phi) is 4.87. The Morgan fingerprint density at radius 2 is 2.21 bits per heavy atom. The summed E-state index contributed by atoms with van der Waals surface area (Å²) in [5, 5.41) is 19.4. The van der Waals surface area contributed by atoms with E-state index in [1.54, 1.807) is 6.07 Å². The van der Waals surface area contributed by atoms with Crippen molar-refractivity contribution in [3.8, 4) is 18.4 Å². The van der Waals surface area contributed by atoms with Gasteiger partial charge in [-0.25, -0.2) is 0 Å². The molecule has 0 aromatic heterocycles. The van der Waals surface area contributed by atoms with Crippen molar-refractivity contribution in [3.05, 3.63) is 38.9 Å². The quantitative estimate of drug-likeness (QED) is 0.364. The van der Waals surface area contributed by atoms with E-state index in [-0.39, 0.29) is 23.7 Å². The molecule has 0 saturated heterocycles. The van der Waals surface area contributed by atoms with Crippen LogP contribution in [0.1, 0.15) is 10.4 Å². The highest BCUT2D eigenvalue weighted by Gasteiger charge is 2.26. The number of amides is 1. The summed E-state index contributed by atoms with van der Waals surface area (Å²) in [4.78, 5) is 23.3. The summed E-state index contributed by atoms with van der Waals surface area (Å²) < 4.78 is 0. The minimum Gasteiger partial charge on any atom is -0.314 e. The lowest BCUT2D eigenvalue weighted by atomic mass is 10.1. The lowest BCUT2D eigenvalue weighted by Crippen LogP contribution is -2.32. The Balaban J connectivity index is 3.26. The maximum absolute atomic E-state index is 12.1. The number of hydrogen-bond donors (Lipinski definition) is 0. The molecule has 0 bridgehead atoms. The molecule has 0 N–H and O–H groups in total. The molecule has 6 nitrogen and oxygen atoms in total. The molecule has 1 aromatic carbocycles. The largest absolute Gasteiger partial charge is 0.314 e. The molecule has 1 amide bonds. The van der Waals surface area contributed by atoms with Crippen molar-refractivity contribution in [2.45, 2.75) is 0 Å². The maximum Gasteiger partial charge on any atom is 0.300 e. The number of nitro benzene ring substituents is 1. The normalized spacial score (nSPS) is 9.21. The van der Waals surface area contributed by atoms with Gasteiger partial charge in [0.1, 0.15) is 17.1 Å². The summed E-state index contributed by atoms with van der Waals surface area (Å²) >= 11 is 5.71. The number of benzene rings is 1. The van der Waals surface area contributed by atoms with Crippen LogP contribution >= 0.6 is 11.6 Å². The van der Waals surface area contributed by atoms with Crippen molar-refractivity contribution in [2.75, 3.05) is 13.1 Å². The van der Waals surface area contributed by atoms with Crippen LogP contribution in [0.3, 0.4) is 0 Å². The SMILES string of the molecule is C#CCN(CC#N)C(=O)c1cccc(Cl)c1[N+](=O)[O-]. The van der Waals surface area contributed by atoms with Gasteiger partial charge in [0.15, 0.2) is 0 Å². The van der Waals surface area contributed by atoms with Crippen LogP contribution in [0.5, 0.6) is 0 Å². The number of halogens is 1. The number of rotatable bonds is 4. The highest BCUT2D eigenvalue weighted by Crippen LogP contribution is 2.28. The van der Waals surface area contributed by atoms with E-state index in [1.165, 1.54) is 18.2 Å². The minimum atomic E-state index is -0.740. The fourth-order valence-electron chi connectivity index (χ4n) is 1.44. The summed E-state index contributed by atoms with van der Waals surface area (Å²) in [6, 6.07) is 5.78. The van der Waals surface area contributed by atoms with Gasteiger partial charge in [-0.15, -0.1) is 6.42 Å². The fraction of sp³-hybridized carbons (Fsp3) is 0.167. The van der Waals surface area contributed by atoms with Gasteiger partial charge in [0.05, 0.1) is 17.5 Å². The van der Waals surface area contributed by atoms with Gasteiger partial charge in [0.25, 0.3) is 5.91 Å². The standard InChI is InChI=1S/C12H8ClN3O3/c1-2-7-15(8-6-14)12(17)9-4-3-5-10(13)11(9)16(18)19/h1,3-5H,7-8H2. The molecule has 0 unspecified atom stereocenters. The van der Waals surface area contributed by atoms with Gasteiger partial charge < -0.3 is 4.90 Å². The first-order valence-corrected chi connectivity index (χ1v) is 5.43. The molecule has 0 heterocycles. The maximum atomic E-state index is 12.1. The highest BCUT2D eigenvalue weighted by atomic mass is 35.5. The number of nitriles is 1. The van der Waals surface area contributed by atoms with Crippen molar-refractivity contribution < 1.29 is 9.72 Å². The number of nitro groups is 1. The predicted octanol–water partition coefficient (Wildman–Crippen LogP) is 1.85. The van der Waals surface area contributed by atoms with Crippen molar-refractivity contribution in [1.82, 2.24) is 4.90 Å². The molecule has 96 valence electrons.